The second kappa shape index (κ2) is 5.78. The van der Waals surface area contributed by atoms with Crippen molar-refractivity contribution in [1.29, 1.82) is 0 Å². The Kier molecular flexibility index (Phi) is 4.03. The topological polar surface area (TPSA) is 21.3 Å². The Balaban J connectivity index is 1.83. The molecule has 1 N–H and O–H groups in total. The summed E-state index contributed by atoms with van der Waals surface area (Å²) in [6.07, 6.45) is 4.89. The summed E-state index contributed by atoms with van der Waals surface area (Å²) in [5, 5.41) is 3.49. The lowest BCUT2D eigenvalue weighted by Gasteiger charge is -2.30. The zero-order chi connectivity index (χ0) is 14.1. The third-order valence-corrected chi connectivity index (χ3v) is 4.50. The van der Waals surface area contributed by atoms with Gasteiger partial charge in [0.15, 0.2) is 11.6 Å². The minimum atomic E-state index is -0.785. The van der Waals surface area contributed by atoms with E-state index < -0.39 is 11.6 Å². The first-order valence-electron chi connectivity index (χ1n) is 7.53. The van der Waals surface area contributed by atoms with Crippen molar-refractivity contribution in [1.82, 2.24) is 5.32 Å². The maximum absolute atomic E-state index is 13.5. The van der Waals surface area contributed by atoms with E-state index in [2.05, 4.69) is 12.2 Å². The van der Waals surface area contributed by atoms with Crippen LogP contribution in [0.3, 0.4) is 0 Å². The van der Waals surface area contributed by atoms with Crippen LogP contribution in [0.15, 0.2) is 18.2 Å². The van der Waals surface area contributed by atoms with Gasteiger partial charge in [-0.2, -0.15) is 0 Å². The summed E-state index contributed by atoms with van der Waals surface area (Å²) >= 11 is 0. The highest BCUT2D eigenvalue weighted by Crippen LogP contribution is 2.44. The summed E-state index contributed by atoms with van der Waals surface area (Å²) < 4.78 is 32.5. The Morgan fingerprint density at radius 1 is 1.30 bits per heavy atom. The molecule has 0 spiro atoms. The van der Waals surface area contributed by atoms with Crippen LogP contribution in [0, 0.1) is 17.6 Å². The Bertz CT molecular complexity index is 480. The number of rotatable bonds is 5. The van der Waals surface area contributed by atoms with Crippen molar-refractivity contribution < 1.29 is 13.5 Å². The Hall–Kier alpha value is -1.00. The predicted octanol–water partition coefficient (Wildman–Crippen LogP) is 3.57. The molecule has 20 heavy (non-hydrogen) atoms. The molecule has 3 rings (SSSR count). The monoisotopic (exact) mass is 281 g/mol. The molecule has 2 bridgehead atoms. The molecule has 0 amide bonds. The van der Waals surface area contributed by atoms with Crippen molar-refractivity contribution in [2.24, 2.45) is 5.92 Å². The summed E-state index contributed by atoms with van der Waals surface area (Å²) in [5.41, 5.74) is 0.832. The van der Waals surface area contributed by atoms with Crippen molar-refractivity contribution in [3.63, 3.8) is 0 Å². The van der Waals surface area contributed by atoms with Gasteiger partial charge in [-0.15, -0.1) is 0 Å². The van der Waals surface area contributed by atoms with E-state index in [0.717, 1.165) is 37.8 Å². The molecule has 2 nitrogen and oxygen atoms in total. The van der Waals surface area contributed by atoms with Crippen LogP contribution in [0.5, 0.6) is 0 Å². The van der Waals surface area contributed by atoms with E-state index in [1.54, 1.807) is 6.07 Å². The van der Waals surface area contributed by atoms with Crippen LogP contribution in [0.1, 0.15) is 44.2 Å². The van der Waals surface area contributed by atoms with Crippen LogP contribution in [-0.4, -0.2) is 18.8 Å². The van der Waals surface area contributed by atoms with E-state index in [1.165, 1.54) is 12.1 Å². The van der Waals surface area contributed by atoms with Gasteiger partial charge in [-0.25, -0.2) is 8.78 Å². The first-order chi connectivity index (χ1) is 9.69. The average molecular weight is 281 g/mol. The fraction of sp³-hybridized carbons (Fsp3) is 0.625. The van der Waals surface area contributed by atoms with Gasteiger partial charge in [-0.3, -0.25) is 0 Å². The van der Waals surface area contributed by atoms with E-state index >= 15 is 0 Å². The van der Waals surface area contributed by atoms with Gasteiger partial charge in [0.05, 0.1) is 12.2 Å². The normalized spacial score (nSPS) is 29.9. The Labute approximate surface area is 118 Å². The van der Waals surface area contributed by atoms with Gasteiger partial charge in [0.25, 0.3) is 0 Å². The smallest absolute Gasteiger partial charge is 0.159 e. The maximum atomic E-state index is 13.5. The number of benzene rings is 1. The fourth-order valence-corrected chi connectivity index (χ4v) is 3.55. The van der Waals surface area contributed by atoms with Crippen LogP contribution >= 0.6 is 0 Å². The Morgan fingerprint density at radius 2 is 2.15 bits per heavy atom. The van der Waals surface area contributed by atoms with Gasteiger partial charge < -0.3 is 10.1 Å². The molecule has 2 heterocycles. The summed E-state index contributed by atoms with van der Waals surface area (Å²) in [7, 11) is 0. The van der Waals surface area contributed by atoms with E-state index in [9.17, 15) is 8.78 Å². The quantitative estimate of drug-likeness (QED) is 0.891. The molecule has 0 saturated carbocycles. The average Bonchev–Trinajstić information content (AvgIpc) is 3.06. The highest BCUT2D eigenvalue weighted by atomic mass is 19.2. The predicted molar refractivity (Wildman–Crippen MR) is 73.4 cm³/mol. The van der Waals surface area contributed by atoms with Crippen LogP contribution < -0.4 is 5.32 Å². The van der Waals surface area contributed by atoms with Crippen LogP contribution in [-0.2, 0) is 4.74 Å². The molecule has 1 aromatic carbocycles. The number of hydrogen-bond donors (Lipinski definition) is 1. The largest absolute Gasteiger partial charge is 0.375 e. The van der Waals surface area contributed by atoms with Crippen LogP contribution in [0.25, 0.3) is 0 Å². The number of nitrogens with one attached hydrogen (secondary N) is 1. The zero-order valence-corrected chi connectivity index (χ0v) is 11.7. The second-order valence-corrected chi connectivity index (χ2v) is 5.88. The summed E-state index contributed by atoms with van der Waals surface area (Å²) in [4.78, 5) is 0. The molecule has 110 valence electrons. The SMILES string of the molecule is CCCNC(c1ccc(F)c(F)c1)C1CC2CCC1O2. The summed E-state index contributed by atoms with van der Waals surface area (Å²) in [5.74, 6) is -1.19. The van der Waals surface area contributed by atoms with Gasteiger partial charge in [-0.05, 0) is 49.9 Å². The van der Waals surface area contributed by atoms with Crippen LogP contribution in [0.2, 0.25) is 0 Å². The summed E-state index contributed by atoms with van der Waals surface area (Å²) in [6.45, 7) is 2.98. The highest BCUT2D eigenvalue weighted by molar-refractivity contribution is 5.23. The molecule has 4 atom stereocenters. The van der Waals surface area contributed by atoms with Gasteiger partial charge in [0.1, 0.15) is 0 Å². The van der Waals surface area contributed by atoms with E-state index in [4.69, 9.17) is 4.74 Å². The molecule has 4 unspecified atom stereocenters. The van der Waals surface area contributed by atoms with Crippen molar-refractivity contribution in [2.75, 3.05) is 6.54 Å². The molecular formula is C16H21F2NO. The molecule has 2 aliphatic heterocycles. The third kappa shape index (κ3) is 2.59. The van der Waals surface area contributed by atoms with Crippen molar-refractivity contribution >= 4 is 0 Å². The fourth-order valence-electron chi connectivity index (χ4n) is 3.55. The first-order valence-corrected chi connectivity index (χ1v) is 7.53. The maximum Gasteiger partial charge on any atom is 0.159 e. The zero-order valence-electron chi connectivity index (χ0n) is 11.7. The minimum Gasteiger partial charge on any atom is -0.375 e. The van der Waals surface area contributed by atoms with Crippen molar-refractivity contribution in [2.45, 2.75) is 50.9 Å². The van der Waals surface area contributed by atoms with Gasteiger partial charge in [0, 0.05) is 12.0 Å². The van der Waals surface area contributed by atoms with Crippen LogP contribution in [0.4, 0.5) is 8.78 Å². The molecule has 2 saturated heterocycles. The van der Waals surface area contributed by atoms with E-state index in [1.807, 2.05) is 0 Å². The minimum absolute atomic E-state index is 0.0559. The molecule has 1 aromatic rings. The second-order valence-electron chi connectivity index (χ2n) is 5.88. The highest BCUT2D eigenvalue weighted by Gasteiger charge is 2.44. The molecule has 0 aliphatic carbocycles. The van der Waals surface area contributed by atoms with Gasteiger partial charge in [0.2, 0.25) is 0 Å². The first kappa shape index (κ1) is 14.0. The Morgan fingerprint density at radius 3 is 2.75 bits per heavy atom. The number of hydrogen-bond acceptors (Lipinski definition) is 2. The third-order valence-electron chi connectivity index (χ3n) is 4.50. The molecule has 2 fully saturated rings. The molecule has 0 radical (unpaired) electrons. The summed E-state index contributed by atoms with van der Waals surface area (Å²) in [6, 6.07) is 4.30. The lowest BCUT2D eigenvalue weighted by atomic mass is 9.81. The molecule has 2 aliphatic rings. The van der Waals surface area contributed by atoms with Crippen molar-refractivity contribution in [3.8, 4) is 0 Å². The number of halogens is 2. The van der Waals surface area contributed by atoms with E-state index in [0.29, 0.717) is 12.0 Å². The standard InChI is InChI=1S/C16H21F2NO/c1-2-7-19-16(10-3-5-13(17)14(18)8-10)12-9-11-4-6-15(12)20-11/h3,5,8,11-12,15-16,19H,2,4,6-7,9H2,1H3. The molecule has 4 heteroatoms. The number of fused-ring (bicyclic) bond motifs is 2. The molecular weight excluding hydrogens is 260 g/mol. The molecule has 0 aromatic heterocycles. The van der Waals surface area contributed by atoms with Crippen molar-refractivity contribution in [3.05, 3.63) is 35.4 Å². The lowest BCUT2D eigenvalue weighted by molar-refractivity contribution is 0.0856. The lowest BCUT2D eigenvalue weighted by Crippen LogP contribution is -2.34. The van der Waals surface area contributed by atoms with E-state index in [-0.39, 0.29) is 12.1 Å². The van der Waals surface area contributed by atoms with Gasteiger partial charge >= 0.3 is 0 Å². The van der Waals surface area contributed by atoms with Gasteiger partial charge in [-0.1, -0.05) is 13.0 Å². The number of ether oxygens (including phenoxy) is 1.